The number of rotatable bonds is 8. The van der Waals surface area contributed by atoms with E-state index in [2.05, 4.69) is 75.9 Å². The maximum Gasteiger partial charge on any atom is 0.261 e. The summed E-state index contributed by atoms with van der Waals surface area (Å²) < 4.78 is 6.78. The SMILES string of the molecule is C=C[C@H](C)[C@@H](O)CCO[Si](c1ccccc1)(c1ccccc1)C(C)(C)C. The van der Waals surface area contributed by atoms with Gasteiger partial charge >= 0.3 is 0 Å². The van der Waals surface area contributed by atoms with E-state index in [4.69, 9.17) is 4.43 Å². The molecule has 2 aromatic carbocycles. The van der Waals surface area contributed by atoms with E-state index in [-0.39, 0.29) is 11.0 Å². The van der Waals surface area contributed by atoms with Gasteiger partial charge in [0, 0.05) is 6.61 Å². The lowest BCUT2D eigenvalue weighted by atomic mass is 10.0. The molecule has 0 bridgehead atoms. The molecule has 0 amide bonds. The minimum absolute atomic E-state index is 0.0370. The average Bonchev–Trinajstić information content (AvgIpc) is 2.64. The fraction of sp³-hybridized carbons (Fsp3) is 0.391. The summed E-state index contributed by atoms with van der Waals surface area (Å²) in [6, 6.07) is 21.2. The van der Waals surface area contributed by atoms with Crippen molar-refractivity contribution >= 4 is 18.7 Å². The fourth-order valence-electron chi connectivity index (χ4n) is 3.51. The van der Waals surface area contributed by atoms with Gasteiger partial charge in [-0.05, 0) is 27.8 Å². The smallest absolute Gasteiger partial charge is 0.261 e. The Morgan fingerprint density at radius 2 is 1.46 bits per heavy atom. The van der Waals surface area contributed by atoms with Crippen LogP contribution in [-0.4, -0.2) is 26.1 Å². The van der Waals surface area contributed by atoms with Gasteiger partial charge in [0.05, 0.1) is 6.10 Å². The van der Waals surface area contributed by atoms with Crippen molar-refractivity contribution in [3.05, 3.63) is 73.3 Å². The quantitative estimate of drug-likeness (QED) is 0.561. The third-order valence-corrected chi connectivity index (χ3v) is 10.2. The van der Waals surface area contributed by atoms with E-state index >= 15 is 0 Å². The molecule has 26 heavy (non-hydrogen) atoms. The Kier molecular flexibility index (Phi) is 6.99. The zero-order valence-corrected chi connectivity index (χ0v) is 17.5. The van der Waals surface area contributed by atoms with E-state index in [0.29, 0.717) is 13.0 Å². The molecule has 1 N–H and O–H groups in total. The van der Waals surface area contributed by atoms with Gasteiger partial charge in [0.15, 0.2) is 0 Å². The summed E-state index contributed by atoms with van der Waals surface area (Å²) in [7, 11) is -2.50. The van der Waals surface area contributed by atoms with Crippen LogP contribution in [0, 0.1) is 5.92 Å². The van der Waals surface area contributed by atoms with Gasteiger partial charge in [-0.1, -0.05) is 94.4 Å². The lowest BCUT2D eigenvalue weighted by Gasteiger charge is -2.43. The van der Waals surface area contributed by atoms with Crippen molar-refractivity contribution < 1.29 is 9.53 Å². The third kappa shape index (κ3) is 4.34. The molecule has 2 aromatic rings. The predicted octanol–water partition coefficient (Wildman–Crippen LogP) is 4.14. The van der Waals surface area contributed by atoms with Gasteiger partial charge in [0.25, 0.3) is 8.32 Å². The summed E-state index contributed by atoms with van der Waals surface area (Å²) in [5.74, 6) is 0.0674. The molecule has 0 fully saturated rings. The van der Waals surface area contributed by atoms with Crippen LogP contribution in [0.25, 0.3) is 0 Å². The lowest BCUT2D eigenvalue weighted by Crippen LogP contribution is -2.66. The second-order valence-corrected chi connectivity index (χ2v) is 12.3. The van der Waals surface area contributed by atoms with Gasteiger partial charge in [-0.3, -0.25) is 0 Å². The van der Waals surface area contributed by atoms with Crippen LogP contribution in [0.1, 0.15) is 34.1 Å². The Morgan fingerprint density at radius 3 is 1.85 bits per heavy atom. The molecule has 2 rings (SSSR count). The van der Waals surface area contributed by atoms with Crippen LogP contribution in [0.15, 0.2) is 73.3 Å². The fourth-order valence-corrected chi connectivity index (χ4v) is 8.09. The van der Waals surface area contributed by atoms with Crippen molar-refractivity contribution in [2.45, 2.75) is 45.3 Å². The van der Waals surface area contributed by atoms with E-state index in [9.17, 15) is 5.11 Å². The Balaban J connectivity index is 2.42. The molecule has 2 nitrogen and oxygen atoms in total. The lowest BCUT2D eigenvalue weighted by molar-refractivity contribution is 0.106. The van der Waals surface area contributed by atoms with E-state index in [1.54, 1.807) is 6.08 Å². The standard InChI is InChI=1S/C23H32O2Si/c1-6-19(2)22(24)17-18-25-26(23(3,4)5,20-13-9-7-10-14-20)21-15-11-8-12-16-21/h6-16,19,22,24H,1,17-18H2,2-5H3/t19-,22-/m0/s1. The number of benzene rings is 2. The second-order valence-electron chi connectivity index (χ2n) is 7.96. The Hall–Kier alpha value is -1.68. The van der Waals surface area contributed by atoms with Crippen LogP contribution in [-0.2, 0) is 4.43 Å². The molecule has 0 aliphatic heterocycles. The number of hydrogen-bond donors (Lipinski definition) is 1. The first kappa shape index (κ1) is 20.6. The van der Waals surface area contributed by atoms with Crippen LogP contribution in [0.4, 0.5) is 0 Å². The van der Waals surface area contributed by atoms with E-state index in [1.807, 2.05) is 19.1 Å². The predicted molar refractivity (Wildman–Crippen MR) is 114 cm³/mol. The van der Waals surface area contributed by atoms with Crippen molar-refractivity contribution in [3.63, 3.8) is 0 Å². The summed E-state index contributed by atoms with van der Waals surface area (Å²) in [5, 5.41) is 12.8. The number of aliphatic hydroxyl groups is 1. The normalized spacial score (nSPS) is 14.7. The minimum atomic E-state index is -2.50. The number of aliphatic hydroxyl groups excluding tert-OH is 1. The summed E-state index contributed by atoms with van der Waals surface area (Å²) in [5.41, 5.74) is 0. The van der Waals surface area contributed by atoms with Crippen molar-refractivity contribution in [2.75, 3.05) is 6.61 Å². The topological polar surface area (TPSA) is 29.5 Å². The molecular formula is C23H32O2Si. The van der Waals surface area contributed by atoms with Gasteiger partial charge in [-0.2, -0.15) is 0 Å². The molecule has 0 heterocycles. The van der Waals surface area contributed by atoms with Crippen LogP contribution in [0.3, 0.4) is 0 Å². The van der Waals surface area contributed by atoms with Crippen molar-refractivity contribution in [1.29, 1.82) is 0 Å². The monoisotopic (exact) mass is 368 g/mol. The molecule has 0 radical (unpaired) electrons. The second kappa shape index (κ2) is 8.80. The summed E-state index contributed by atoms with van der Waals surface area (Å²) >= 11 is 0. The first-order valence-corrected chi connectivity index (χ1v) is 11.3. The van der Waals surface area contributed by atoms with Gasteiger partial charge in [-0.25, -0.2) is 0 Å². The average molecular weight is 369 g/mol. The Labute approximate surface area is 159 Å². The first-order valence-electron chi connectivity index (χ1n) is 9.38. The van der Waals surface area contributed by atoms with E-state index < -0.39 is 14.4 Å². The van der Waals surface area contributed by atoms with Crippen LogP contribution in [0.2, 0.25) is 5.04 Å². The highest BCUT2D eigenvalue weighted by Gasteiger charge is 2.50. The highest BCUT2D eigenvalue weighted by molar-refractivity contribution is 6.99. The maximum absolute atomic E-state index is 10.3. The molecule has 0 unspecified atom stereocenters. The third-order valence-electron chi connectivity index (χ3n) is 5.13. The molecule has 0 aliphatic carbocycles. The van der Waals surface area contributed by atoms with Crippen LogP contribution < -0.4 is 10.4 Å². The Bertz CT molecular complexity index is 637. The maximum atomic E-state index is 10.3. The van der Waals surface area contributed by atoms with E-state index in [1.165, 1.54) is 10.4 Å². The molecule has 0 aliphatic rings. The van der Waals surface area contributed by atoms with Crippen molar-refractivity contribution in [3.8, 4) is 0 Å². The zero-order valence-electron chi connectivity index (χ0n) is 16.5. The zero-order chi connectivity index (χ0) is 19.2. The molecule has 3 heteroatoms. The largest absolute Gasteiger partial charge is 0.407 e. The summed E-state index contributed by atoms with van der Waals surface area (Å²) in [6.07, 6.45) is 1.98. The molecular weight excluding hydrogens is 336 g/mol. The summed E-state index contributed by atoms with van der Waals surface area (Å²) in [6.45, 7) is 13.1. The van der Waals surface area contributed by atoms with Crippen molar-refractivity contribution in [2.24, 2.45) is 5.92 Å². The van der Waals surface area contributed by atoms with Gasteiger partial charge < -0.3 is 9.53 Å². The van der Waals surface area contributed by atoms with E-state index in [0.717, 1.165) is 0 Å². The molecule has 140 valence electrons. The molecule has 0 spiro atoms. The highest BCUT2D eigenvalue weighted by Crippen LogP contribution is 2.36. The van der Waals surface area contributed by atoms with Crippen LogP contribution in [0.5, 0.6) is 0 Å². The molecule has 0 saturated carbocycles. The van der Waals surface area contributed by atoms with Gasteiger partial charge in [-0.15, -0.1) is 6.58 Å². The van der Waals surface area contributed by atoms with Crippen molar-refractivity contribution in [1.82, 2.24) is 0 Å². The molecule has 0 aromatic heterocycles. The van der Waals surface area contributed by atoms with Crippen LogP contribution >= 0.6 is 0 Å². The molecule has 0 saturated heterocycles. The first-order chi connectivity index (χ1) is 12.3. The minimum Gasteiger partial charge on any atom is -0.407 e. The number of hydrogen-bond acceptors (Lipinski definition) is 2. The Morgan fingerprint density at radius 1 is 1.00 bits per heavy atom. The summed E-state index contributed by atoms with van der Waals surface area (Å²) in [4.78, 5) is 0. The van der Waals surface area contributed by atoms with Gasteiger partial charge in [0.2, 0.25) is 0 Å². The molecule has 2 atom stereocenters. The van der Waals surface area contributed by atoms with Gasteiger partial charge in [0.1, 0.15) is 0 Å². The highest BCUT2D eigenvalue weighted by atomic mass is 28.4.